The molecule has 0 radical (unpaired) electrons. The fourth-order valence-corrected chi connectivity index (χ4v) is 4.12. The number of carbonyl (C=O) groups is 1. The number of amides is 1. The van der Waals surface area contributed by atoms with Gasteiger partial charge in [-0.05, 0) is 37.3 Å². The maximum atomic E-state index is 13.4. The van der Waals surface area contributed by atoms with E-state index in [0.29, 0.717) is 23.9 Å². The lowest BCUT2D eigenvalue weighted by Gasteiger charge is -2.32. The summed E-state index contributed by atoms with van der Waals surface area (Å²) in [6, 6.07) is 15.3. The topological polar surface area (TPSA) is 73.2 Å². The Morgan fingerprint density at radius 1 is 1.16 bits per heavy atom. The summed E-state index contributed by atoms with van der Waals surface area (Å²) in [6.45, 7) is 7.23. The minimum atomic E-state index is -0.277. The van der Waals surface area contributed by atoms with Gasteiger partial charge in [-0.2, -0.15) is 5.10 Å². The van der Waals surface area contributed by atoms with Crippen LogP contribution in [0.15, 0.2) is 53.3 Å². The average Bonchev–Trinajstić information content (AvgIpc) is 2.76. The minimum absolute atomic E-state index is 0.157. The predicted molar refractivity (Wildman–Crippen MR) is 121 cm³/mol. The van der Waals surface area contributed by atoms with Crippen molar-refractivity contribution in [2.45, 2.75) is 52.3 Å². The smallest absolute Gasteiger partial charge is 0.274 e. The molecule has 3 aromatic rings. The number of aromatic nitrogens is 2. The largest absolute Gasteiger partial charge is 0.371 e. The number of carbonyl (C=O) groups excluding carboxylic acids is 1. The lowest BCUT2D eigenvalue weighted by molar-refractivity contribution is -0.00952. The van der Waals surface area contributed by atoms with E-state index in [1.165, 1.54) is 10.2 Å². The molecule has 1 N–H and O–H groups in total. The van der Waals surface area contributed by atoms with Crippen molar-refractivity contribution < 1.29 is 9.53 Å². The third kappa shape index (κ3) is 4.54. The quantitative estimate of drug-likeness (QED) is 0.678. The molecule has 162 valence electrons. The summed E-state index contributed by atoms with van der Waals surface area (Å²) < 4.78 is 7.46. The van der Waals surface area contributed by atoms with Gasteiger partial charge in [0.2, 0.25) is 0 Å². The molecule has 0 aliphatic carbocycles. The highest BCUT2D eigenvalue weighted by Crippen LogP contribution is 2.29. The van der Waals surface area contributed by atoms with Crippen LogP contribution in [0.4, 0.5) is 0 Å². The Morgan fingerprint density at radius 2 is 1.87 bits per heavy atom. The summed E-state index contributed by atoms with van der Waals surface area (Å²) in [5.74, 6) is -0.0405. The van der Waals surface area contributed by atoms with Crippen molar-refractivity contribution in [1.82, 2.24) is 15.1 Å². The maximum absolute atomic E-state index is 13.4. The van der Waals surface area contributed by atoms with Crippen LogP contribution in [-0.4, -0.2) is 28.3 Å². The molecule has 4 rings (SSSR count). The van der Waals surface area contributed by atoms with Gasteiger partial charge >= 0.3 is 0 Å². The molecule has 0 spiro atoms. The van der Waals surface area contributed by atoms with Crippen molar-refractivity contribution in [3.63, 3.8) is 0 Å². The zero-order valence-electron chi connectivity index (χ0n) is 18.3. The molecule has 2 atom stereocenters. The van der Waals surface area contributed by atoms with Crippen LogP contribution in [0.2, 0.25) is 0 Å². The molecule has 2 heterocycles. The van der Waals surface area contributed by atoms with Gasteiger partial charge in [0.05, 0.1) is 11.4 Å². The molecular formula is C25H29N3O3. The van der Waals surface area contributed by atoms with Gasteiger partial charge in [0.15, 0.2) is 5.69 Å². The molecule has 1 amide bonds. The summed E-state index contributed by atoms with van der Waals surface area (Å²) in [5, 5.41) is 8.71. The second kappa shape index (κ2) is 9.02. The summed E-state index contributed by atoms with van der Waals surface area (Å²) in [5.41, 5.74) is 2.35. The molecule has 0 bridgehead atoms. The van der Waals surface area contributed by atoms with Crippen LogP contribution < -0.4 is 10.9 Å². The summed E-state index contributed by atoms with van der Waals surface area (Å²) in [4.78, 5) is 26.2. The van der Waals surface area contributed by atoms with Crippen LogP contribution in [0.5, 0.6) is 0 Å². The number of fused-ring (bicyclic) bond motifs is 1. The van der Waals surface area contributed by atoms with Crippen molar-refractivity contribution in [3.8, 4) is 0 Å². The molecular weight excluding hydrogens is 390 g/mol. The van der Waals surface area contributed by atoms with E-state index >= 15 is 0 Å². The van der Waals surface area contributed by atoms with E-state index in [2.05, 4.69) is 34.7 Å². The molecule has 1 aliphatic heterocycles. The number of rotatable bonds is 5. The zero-order chi connectivity index (χ0) is 22.0. The van der Waals surface area contributed by atoms with Crippen molar-refractivity contribution in [3.05, 3.63) is 75.7 Å². The molecule has 6 heteroatoms. The van der Waals surface area contributed by atoms with Crippen LogP contribution in [-0.2, 0) is 11.3 Å². The standard InChI is InChI=1S/C25H29N3O3/c1-16(2)15-28-25(30)20-8-5-4-7-19(20)22(27-28)24(29)26-21-9-6-14-31-23(21)18-12-10-17(3)11-13-18/h4-5,7-8,10-13,16,21,23H,6,9,14-15H2,1-3H3,(H,26,29)/t21-,23-/m1/s1. The minimum Gasteiger partial charge on any atom is -0.371 e. The normalized spacial score (nSPS) is 19.0. The molecule has 2 aromatic carbocycles. The molecule has 1 saturated heterocycles. The van der Waals surface area contributed by atoms with Gasteiger partial charge in [-0.1, -0.05) is 61.9 Å². The van der Waals surface area contributed by atoms with Gasteiger partial charge in [0, 0.05) is 18.5 Å². The average molecular weight is 420 g/mol. The predicted octanol–water partition coefficient (Wildman–Crippen LogP) is 4.01. The van der Waals surface area contributed by atoms with Crippen LogP contribution in [0.3, 0.4) is 0 Å². The number of ether oxygens (including phenoxy) is 1. The molecule has 6 nitrogen and oxygen atoms in total. The van der Waals surface area contributed by atoms with Crippen LogP contribution in [0.1, 0.15) is 54.4 Å². The van der Waals surface area contributed by atoms with Gasteiger partial charge in [0.25, 0.3) is 11.5 Å². The molecule has 0 saturated carbocycles. The third-order valence-corrected chi connectivity index (χ3v) is 5.67. The van der Waals surface area contributed by atoms with Gasteiger partial charge in [-0.15, -0.1) is 0 Å². The number of hydrogen-bond acceptors (Lipinski definition) is 4. The first kappa shape index (κ1) is 21.2. The first-order valence-corrected chi connectivity index (χ1v) is 10.9. The Morgan fingerprint density at radius 3 is 2.58 bits per heavy atom. The van der Waals surface area contributed by atoms with E-state index in [-0.39, 0.29) is 35.2 Å². The van der Waals surface area contributed by atoms with E-state index < -0.39 is 0 Å². The van der Waals surface area contributed by atoms with E-state index in [1.807, 2.05) is 32.9 Å². The second-order valence-electron chi connectivity index (χ2n) is 8.70. The number of aryl methyl sites for hydroxylation is 1. The van der Waals surface area contributed by atoms with Gasteiger partial charge < -0.3 is 10.1 Å². The molecule has 0 unspecified atom stereocenters. The van der Waals surface area contributed by atoms with Gasteiger partial charge in [0.1, 0.15) is 6.10 Å². The lowest BCUT2D eigenvalue weighted by atomic mass is 9.95. The summed E-state index contributed by atoms with van der Waals surface area (Å²) in [6.07, 6.45) is 1.51. The van der Waals surface area contributed by atoms with Crippen molar-refractivity contribution in [1.29, 1.82) is 0 Å². The number of nitrogens with zero attached hydrogens (tertiary/aromatic N) is 2. The van der Waals surface area contributed by atoms with Crippen molar-refractivity contribution in [2.24, 2.45) is 5.92 Å². The highest BCUT2D eigenvalue weighted by atomic mass is 16.5. The number of hydrogen-bond donors (Lipinski definition) is 1. The Labute approximate surface area is 182 Å². The van der Waals surface area contributed by atoms with Crippen LogP contribution >= 0.6 is 0 Å². The molecule has 1 aromatic heterocycles. The summed E-state index contributed by atoms with van der Waals surface area (Å²) in [7, 11) is 0. The maximum Gasteiger partial charge on any atom is 0.274 e. The fourth-order valence-electron chi connectivity index (χ4n) is 4.12. The van der Waals surface area contributed by atoms with Crippen molar-refractivity contribution >= 4 is 16.7 Å². The number of benzene rings is 2. The van der Waals surface area contributed by atoms with Gasteiger partial charge in [-0.3, -0.25) is 9.59 Å². The first-order chi connectivity index (χ1) is 14.9. The van der Waals surface area contributed by atoms with E-state index in [4.69, 9.17) is 4.74 Å². The van der Waals surface area contributed by atoms with E-state index in [0.717, 1.165) is 18.4 Å². The Hall–Kier alpha value is -2.99. The van der Waals surface area contributed by atoms with Crippen LogP contribution in [0, 0.1) is 12.8 Å². The zero-order valence-corrected chi connectivity index (χ0v) is 18.3. The fraction of sp³-hybridized carbons (Fsp3) is 0.400. The van der Waals surface area contributed by atoms with Crippen LogP contribution in [0.25, 0.3) is 10.8 Å². The second-order valence-corrected chi connectivity index (χ2v) is 8.70. The highest BCUT2D eigenvalue weighted by Gasteiger charge is 2.30. The number of nitrogens with one attached hydrogen (secondary N) is 1. The lowest BCUT2D eigenvalue weighted by Crippen LogP contribution is -2.43. The Balaban J connectivity index is 1.68. The van der Waals surface area contributed by atoms with E-state index in [1.54, 1.807) is 12.1 Å². The Kier molecular flexibility index (Phi) is 6.18. The highest BCUT2D eigenvalue weighted by molar-refractivity contribution is 6.04. The third-order valence-electron chi connectivity index (χ3n) is 5.67. The summed E-state index contributed by atoms with van der Waals surface area (Å²) >= 11 is 0. The first-order valence-electron chi connectivity index (χ1n) is 10.9. The molecule has 1 aliphatic rings. The van der Waals surface area contributed by atoms with E-state index in [9.17, 15) is 9.59 Å². The Bertz CT molecular complexity index is 1130. The van der Waals surface area contributed by atoms with Crippen molar-refractivity contribution in [2.75, 3.05) is 6.61 Å². The monoisotopic (exact) mass is 419 g/mol. The molecule has 1 fully saturated rings. The SMILES string of the molecule is Cc1ccc([C@H]2OCCC[C@H]2NC(=O)c2nn(CC(C)C)c(=O)c3ccccc23)cc1. The van der Waals surface area contributed by atoms with Gasteiger partial charge in [-0.25, -0.2) is 4.68 Å². The molecule has 31 heavy (non-hydrogen) atoms.